The molecule has 2 unspecified atom stereocenters. The minimum Gasteiger partial charge on any atom is -0.483 e. The second-order valence-electron chi connectivity index (χ2n) is 17.2. The van der Waals surface area contributed by atoms with Gasteiger partial charge in [0.15, 0.2) is 0 Å². The van der Waals surface area contributed by atoms with Crippen LogP contribution in [0.1, 0.15) is 115 Å². The molecule has 4 heterocycles. The van der Waals surface area contributed by atoms with E-state index in [4.69, 9.17) is 9.47 Å². The Morgan fingerprint density at radius 1 is 1.12 bits per heavy atom. The predicted molar refractivity (Wildman–Crippen MR) is 209 cm³/mol. The Balaban J connectivity index is 1.38. The van der Waals surface area contributed by atoms with E-state index < -0.39 is 86.2 Å². The number of carbonyl (C=O) groups excluding carboxylic acids is 4. The van der Waals surface area contributed by atoms with Crippen LogP contribution in [0, 0.1) is 12.8 Å². The van der Waals surface area contributed by atoms with Crippen LogP contribution in [0.15, 0.2) is 30.4 Å². The van der Waals surface area contributed by atoms with Crippen molar-refractivity contribution < 1.29 is 54.6 Å². The van der Waals surface area contributed by atoms with Crippen LogP contribution in [0.2, 0.25) is 0 Å². The zero-order valence-electron chi connectivity index (χ0n) is 34.1. The molecule has 13 nitrogen and oxygen atoms in total. The van der Waals surface area contributed by atoms with E-state index in [1.54, 1.807) is 32.1 Å². The van der Waals surface area contributed by atoms with Crippen molar-refractivity contribution in [3.8, 4) is 5.75 Å². The number of aryl methyl sites for hydroxylation is 2. The third kappa shape index (κ3) is 9.02. The quantitative estimate of drug-likeness (QED) is 0.222. The predicted octanol–water partition coefficient (Wildman–Crippen LogP) is 6.31. The molecular formula is C41H53F4N5O8S. The molecule has 18 heteroatoms. The van der Waals surface area contributed by atoms with Gasteiger partial charge < -0.3 is 25.0 Å². The monoisotopic (exact) mass is 851 g/mol. The Morgan fingerprint density at radius 2 is 1.83 bits per heavy atom. The van der Waals surface area contributed by atoms with Crippen LogP contribution in [0.3, 0.4) is 0 Å². The number of ether oxygens (including phenoxy) is 2. The lowest BCUT2D eigenvalue weighted by atomic mass is 9.85. The number of alkyl halides is 4. The van der Waals surface area contributed by atoms with Crippen molar-refractivity contribution in [2.75, 3.05) is 6.54 Å². The summed E-state index contributed by atoms with van der Waals surface area (Å²) in [4.78, 5) is 61.8. The number of halogens is 4. The van der Waals surface area contributed by atoms with Crippen LogP contribution < -0.4 is 20.1 Å². The van der Waals surface area contributed by atoms with E-state index in [2.05, 4.69) is 20.3 Å². The summed E-state index contributed by atoms with van der Waals surface area (Å²) in [6.07, 6.45) is -1.87. The number of nitrogens with one attached hydrogen (secondary N) is 3. The molecule has 4 aliphatic rings. The molecule has 2 aromatic rings. The fraction of sp³-hybridized carbons (Fsp3) is 0.634. The lowest BCUT2D eigenvalue weighted by Crippen LogP contribution is -2.58. The Kier molecular flexibility index (Phi) is 12.1. The second kappa shape index (κ2) is 16.2. The molecule has 2 fully saturated rings. The number of fused-ring (bicyclic) bond motifs is 4. The maximum absolute atomic E-state index is 16.8. The first-order valence-corrected chi connectivity index (χ1v) is 21.6. The van der Waals surface area contributed by atoms with E-state index in [-0.39, 0.29) is 37.1 Å². The number of hydrogen-bond donors (Lipinski definition) is 3. The highest BCUT2D eigenvalue weighted by atomic mass is 32.2. The molecule has 1 saturated heterocycles. The lowest BCUT2D eigenvalue weighted by Gasteiger charge is -2.38. The van der Waals surface area contributed by atoms with Gasteiger partial charge in [-0.1, -0.05) is 44.9 Å². The number of rotatable bonds is 6. The summed E-state index contributed by atoms with van der Waals surface area (Å²) >= 11 is 0. The van der Waals surface area contributed by atoms with E-state index in [1.165, 1.54) is 6.92 Å². The summed E-state index contributed by atoms with van der Waals surface area (Å²) < 4.78 is 96.6. The van der Waals surface area contributed by atoms with Crippen LogP contribution in [-0.4, -0.2) is 88.9 Å². The summed E-state index contributed by atoms with van der Waals surface area (Å²) in [5.41, 5.74) is -2.27. The molecule has 6 atom stereocenters. The van der Waals surface area contributed by atoms with Crippen molar-refractivity contribution in [1.82, 2.24) is 25.2 Å². The van der Waals surface area contributed by atoms with Crippen molar-refractivity contribution in [3.05, 3.63) is 47.2 Å². The molecule has 1 spiro atoms. The smallest absolute Gasteiger partial charge is 0.427 e. The van der Waals surface area contributed by atoms with Gasteiger partial charge in [0, 0.05) is 29.7 Å². The van der Waals surface area contributed by atoms with E-state index in [9.17, 15) is 40.8 Å². The fourth-order valence-electron chi connectivity index (χ4n) is 8.00. The number of pyridine rings is 1. The molecule has 0 bridgehead atoms. The maximum atomic E-state index is 16.8. The van der Waals surface area contributed by atoms with E-state index in [0.717, 1.165) is 10.5 Å². The number of allylic oxidation sites excluding steroid dienone is 1. The number of sulfonamides is 1. The zero-order valence-corrected chi connectivity index (χ0v) is 34.9. The first kappa shape index (κ1) is 44.1. The standard InChI is InChI=1S/C41H53F4N5O8S/c1-7-25-15-16-28-26(19-25)31-27(42)20-40(57-33(31)24(3)46-28)21-30-34(51)48-32(35(52)49-59(55,56)39(6)17-18-39)23(2)13-11-9-8-10-12-14-29(36(53)50(30)22-40)47-37(54)58-38(4,5)41(43,44)45/h11,13,15-16,19,23,27,29-30,32H,7-10,12,14,17-18,20-22H2,1-6H3,(H,47,54)(H,48,51)(H,49,52)/b13-11-/t23-,27?,29-,30-,32?,40+/m0/s1. The Hall–Kier alpha value is -4.48. The molecule has 59 heavy (non-hydrogen) atoms. The molecule has 324 valence electrons. The van der Waals surface area contributed by atoms with Crippen LogP contribution in [0.5, 0.6) is 5.75 Å². The van der Waals surface area contributed by atoms with Crippen LogP contribution >= 0.6 is 0 Å². The molecule has 1 aliphatic carbocycles. The van der Waals surface area contributed by atoms with Crippen molar-refractivity contribution in [1.29, 1.82) is 0 Å². The highest BCUT2D eigenvalue weighted by Crippen LogP contribution is 2.50. The van der Waals surface area contributed by atoms with Gasteiger partial charge in [0.25, 0.3) is 5.91 Å². The summed E-state index contributed by atoms with van der Waals surface area (Å²) in [6, 6.07) is 1.19. The van der Waals surface area contributed by atoms with Crippen molar-refractivity contribution >= 4 is 44.7 Å². The summed E-state index contributed by atoms with van der Waals surface area (Å²) in [6.45, 7) is 7.73. The number of hydrogen-bond acceptors (Lipinski definition) is 9. The topological polar surface area (TPSA) is 173 Å². The number of carbonyl (C=O) groups is 4. The molecule has 0 radical (unpaired) electrons. The molecule has 1 aromatic heterocycles. The SMILES string of the molecule is CCc1ccc2nc(C)c3c(c2c1)C(F)C[C@]1(C[C@H]2C(=O)NC(C(=O)NS(=O)(=O)C4(C)CC4)[C@@H](C)/C=C\CCCCC[C@H](NC(=O)OC(C)(C)C(F)(F)F)C(=O)N2C1)O3. The lowest BCUT2D eigenvalue weighted by molar-refractivity contribution is -0.244. The molecule has 6 rings (SSSR count). The van der Waals surface area contributed by atoms with Gasteiger partial charge in [0.2, 0.25) is 27.4 Å². The summed E-state index contributed by atoms with van der Waals surface area (Å²) in [5, 5.41) is 5.53. The Bertz CT molecular complexity index is 2140. The van der Waals surface area contributed by atoms with Gasteiger partial charge in [-0.05, 0) is 83.9 Å². The van der Waals surface area contributed by atoms with Gasteiger partial charge in [-0.25, -0.2) is 22.6 Å². The summed E-state index contributed by atoms with van der Waals surface area (Å²) in [5.74, 6) is -3.30. The van der Waals surface area contributed by atoms with Crippen molar-refractivity contribution in [3.63, 3.8) is 0 Å². The largest absolute Gasteiger partial charge is 0.483 e. The Labute approximate surface area is 341 Å². The third-order valence-electron chi connectivity index (χ3n) is 12.2. The number of alkyl carbamates (subject to hydrolysis) is 1. The molecule has 1 aromatic carbocycles. The van der Waals surface area contributed by atoms with Crippen molar-refractivity contribution in [2.45, 2.75) is 152 Å². The van der Waals surface area contributed by atoms with Crippen molar-refractivity contribution in [2.24, 2.45) is 5.92 Å². The average molecular weight is 852 g/mol. The minimum absolute atomic E-state index is 0.0375. The van der Waals surface area contributed by atoms with Gasteiger partial charge in [0.1, 0.15) is 35.6 Å². The normalized spacial score (nSPS) is 28.3. The zero-order chi connectivity index (χ0) is 43.3. The van der Waals surface area contributed by atoms with Gasteiger partial charge in [-0.15, -0.1) is 0 Å². The van der Waals surface area contributed by atoms with E-state index in [0.29, 0.717) is 75.4 Å². The van der Waals surface area contributed by atoms with Crippen LogP contribution in [-0.2, 0) is 35.6 Å². The van der Waals surface area contributed by atoms with Crippen LogP contribution in [0.25, 0.3) is 10.9 Å². The molecule has 1 saturated carbocycles. The Morgan fingerprint density at radius 3 is 2.49 bits per heavy atom. The van der Waals surface area contributed by atoms with E-state index in [1.807, 2.05) is 19.1 Å². The molecule has 3 N–H and O–H groups in total. The third-order valence-corrected chi connectivity index (χ3v) is 14.3. The minimum atomic E-state index is -4.93. The molecule has 4 amide bonds. The van der Waals surface area contributed by atoms with Gasteiger partial charge in [0.05, 0.1) is 22.5 Å². The highest BCUT2D eigenvalue weighted by molar-refractivity contribution is 7.91. The first-order chi connectivity index (χ1) is 27.5. The molecular weight excluding hydrogens is 799 g/mol. The van der Waals surface area contributed by atoms with Gasteiger partial charge >= 0.3 is 12.3 Å². The first-order valence-electron chi connectivity index (χ1n) is 20.2. The summed E-state index contributed by atoms with van der Waals surface area (Å²) in [7, 11) is -4.12. The van der Waals surface area contributed by atoms with E-state index >= 15 is 4.39 Å². The number of amides is 4. The van der Waals surface area contributed by atoms with Gasteiger partial charge in [-0.3, -0.25) is 19.1 Å². The number of nitrogens with zero attached hydrogens (tertiary/aromatic N) is 2. The number of aromatic nitrogens is 1. The van der Waals surface area contributed by atoms with Gasteiger partial charge in [-0.2, -0.15) is 13.2 Å². The average Bonchev–Trinajstić information content (AvgIpc) is 3.81. The number of benzene rings is 1. The van der Waals surface area contributed by atoms with Crippen LogP contribution in [0.4, 0.5) is 22.4 Å². The maximum Gasteiger partial charge on any atom is 0.427 e. The molecule has 3 aliphatic heterocycles. The highest BCUT2D eigenvalue weighted by Gasteiger charge is 2.57. The second-order valence-corrected chi connectivity index (χ2v) is 19.4. The fourth-order valence-corrected chi connectivity index (χ4v) is 9.28.